The molecule has 1 saturated carbocycles. The van der Waals surface area contributed by atoms with Gasteiger partial charge in [-0.15, -0.1) is 0 Å². The summed E-state index contributed by atoms with van der Waals surface area (Å²) in [5.41, 5.74) is -0.551. The molecule has 0 heterocycles. The van der Waals surface area contributed by atoms with Gasteiger partial charge < -0.3 is 14.8 Å². The lowest BCUT2D eigenvalue weighted by Crippen LogP contribution is -2.47. The summed E-state index contributed by atoms with van der Waals surface area (Å²) in [6.45, 7) is 5.39. The van der Waals surface area contributed by atoms with E-state index in [0.29, 0.717) is 6.42 Å². The molecule has 0 aromatic heterocycles. The maximum absolute atomic E-state index is 11.8. The fourth-order valence-electron chi connectivity index (χ4n) is 2.21. The van der Waals surface area contributed by atoms with E-state index in [1.807, 2.05) is 0 Å². The minimum Gasteiger partial charge on any atom is -0.449 e. The first-order valence-electron chi connectivity index (χ1n) is 6.55. The van der Waals surface area contributed by atoms with Gasteiger partial charge in [-0.3, -0.25) is 4.79 Å². The fourth-order valence-corrected chi connectivity index (χ4v) is 2.31. The predicted octanol–water partition coefficient (Wildman–Crippen LogP) is 2.81. The number of esters is 1. The number of rotatable bonds is 3. The van der Waals surface area contributed by atoms with Gasteiger partial charge in [0.05, 0.1) is 5.92 Å². The van der Waals surface area contributed by atoms with Gasteiger partial charge in [0.15, 0.2) is 6.07 Å². The van der Waals surface area contributed by atoms with Gasteiger partial charge in [0.1, 0.15) is 5.60 Å². The van der Waals surface area contributed by atoms with Crippen LogP contribution < -0.4 is 5.32 Å². The molecule has 1 rings (SSSR count). The number of amides is 1. The lowest BCUT2D eigenvalue weighted by molar-refractivity contribution is -0.148. The van der Waals surface area contributed by atoms with E-state index in [1.165, 1.54) is 0 Å². The van der Waals surface area contributed by atoms with Crippen molar-refractivity contribution in [3.8, 4) is 0 Å². The maximum atomic E-state index is 11.8. The molecule has 0 aromatic carbocycles. The Morgan fingerprint density at radius 2 is 1.89 bits per heavy atom. The molecule has 1 amide bonds. The van der Waals surface area contributed by atoms with Crippen LogP contribution in [0.2, 0.25) is 0 Å². The van der Waals surface area contributed by atoms with Crippen LogP contribution in [0.1, 0.15) is 46.5 Å². The van der Waals surface area contributed by atoms with Gasteiger partial charge in [-0.05, 0) is 33.6 Å². The molecule has 110 valence electrons. The minimum atomic E-state index is -0.551. The van der Waals surface area contributed by atoms with Gasteiger partial charge in [0.2, 0.25) is 0 Å². The Labute approximate surface area is 119 Å². The summed E-state index contributed by atoms with van der Waals surface area (Å²) >= 11 is 5.40. The molecule has 2 unspecified atom stereocenters. The van der Waals surface area contributed by atoms with Crippen LogP contribution in [0.25, 0.3) is 0 Å². The SMILES string of the molecule is CC(C)(C)OC(=O)NC1CCCCC1C(=O)OCCl. The van der Waals surface area contributed by atoms with E-state index in [0.717, 1.165) is 19.3 Å². The van der Waals surface area contributed by atoms with Crippen molar-refractivity contribution in [3.63, 3.8) is 0 Å². The highest BCUT2D eigenvalue weighted by molar-refractivity contribution is 6.17. The molecule has 0 saturated heterocycles. The molecule has 1 aliphatic carbocycles. The summed E-state index contributed by atoms with van der Waals surface area (Å²) in [5, 5.41) is 2.76. The first-order valence-corrected chi connectivity index (χ1v) is 7.09. The first kappa shape index (κ1) is 16.1. The minimum absolute atomic E-state index is 0.158. The van der Waals surface area contributed by atoms with Gasteiger partial charge in [0, 0.05) is 6.04 Å². The number of carbonyl (C=O) groups excluding carboxylic acids is 2. The van der Waals surface area contributed by atoms with E-state index in [1.54, 1.807) is 20.8 Å². The molecule has 0 bridgehead atoms. The zero-order valence-corrected chi connectivity index (χ0v) is 12.5. The third-order valence-corrected chi connectivity index (χ3v) is 3.08. The van der Waals surface area contributed by atoms with Crippen LogP contribution >= 0.6 is 11.6 Å². The molecule has 6 heteroatoms. The van der Waals surface area contributed by atoms with Crippen molar-refractivity contribution in [2.45, 2.75) is 58.1 Å². The molecular weight excluding hydrogens is 270 g/mol. The number of alkyl halides is 1. The summed E-state index contributed by atoms with van der Waals surface area (Å²) < 4.78 is 10.0. The molecule has 0 aliphatic heterocycles. The zero-order valence-electron chi connectivity index (χ0n) is 11.7. The fraction of sp³-hybridized carbons (Fsp3) is 0.846. The average Bonchev–Trinajstić information content (AvgIpc) is 2.27. The topological polar surface area (TPSA) is 64.6 Å². The summed E-state index contributed by atoms with van der Waals surface area (Å²) in [4.78, 5) is 23.5. The number of hydrogen-bond donors (Lipinski definition) is 1. The average molecular weight is 292 g/mol. The molecule has 1 aliphatic rings. The lowest BCUT2D eigenvalue weighted by atomic mass is 9.84. The van der Waals surface area contributed by atoms with Crippen molar-refractivity contribution < 1.29 is 19.1 Å². The molecule has 0 spiro atoms. The van der Waals surface area contributed by atoms with E-state index in [4.69, 9.17) is 21.1 Å². The predicted molar refractivity (Wildman–Crippen MR) is 71.9 cm³/mol. The molecule has 0 aromatic rings. The second-order valence-electron chi connectivity index (χ2n) is 5.72. The highest BCUT2D eigenvalue weighted by Gasteiger charge is 2.34. The smallest absolute Gasteiger partial charge is 0.407 e. The largest absolute Gasteiger partial charge is 0.449 e. The number of hydrogen-bond acceptors (Lipinski definition) is 4. The van der Waals surface area contributed by atoms with Crippen molar-refractivity contribution >= 4 is 23.7 Å². The van der Waals surface area contributed by atoms with Crippen molar-refractivity contribution in [3.05, 3.63) is 0 Å². The summed E-state index contributed by atoms with van der Waals surface area (Å²) in [7, 11) is 0. The monoisotopic (exact) mass is 291 g/mol. The van der Waals surface area contributed by atoms with E-state index in [9.17, 15) is 9.59 Å². The Morgan fingerprint density at radius 3 is 2.47 bits per heavy atom. The van der Waals surface area contributed by atoms with Gasteiger partial charge in [0.25, 0.3) is 0 Å². The van der Waals surface area contributed by atoms with Gasteiger partial charge in [-0.2, -0.15) is 0 Å². The number of halogens is 1. The van der Waals surface area contributed by atoms with E-state index >= 15 is 0 Å². The second-order valence-corrected chi connectivity index (χ2v) is 5.93. The Hall–Kier alpha value is -0.970. The quantitative estimate of drug-likeness (QED) is 0.641. The second kappa shape index (κ2) is 6.98. The summed E-state index contributed by atoms with van der Waals surface area (Å²) in [5.74, 6) is -0.684. The highest BCUT2D eigenvalue weighted by Crippen LogP contribution is 2.26. The first-order chi connectivity index (χ1) is 8.83. The molecule has 19 heavy (non-hydrogen) atoms. The maximum Gasteiger partial charge on any atom is 0.407 e. The summed E-state index contributed by atoms with van der Waals surface area (Å²) in [6, 6.07) is -0.395. The van der Waals surface area contributed by atoms with E-state index in [2.05, 4.69) is 5.32 Å². The third kappa shape index (κ3) is 5.68. The Bertz CT molecular complexity index is 327. The highest BCUT2D eigenvalue weighted by atomic mass is 35.5. The molecule has 0 radical (unpaired) electrons. The number of ether oxygens (including phenoxy) is 2. The molecular formula is C13H22ClNO4. The lowest BCUT2D eigenvalue weighted by Gasteiger charge is -2.31. The standard InChI is InChI=1S/C13H22ClNO4/c1-13(2,3)19-12(17)15-10-7-5-4-6-9(10)11(16)18-8-14/h9-10H,4-8H2,1-3H3,(H,15,17). The van der Waals surface area contributed by atoms with Crippen LogP contribution in [0.5, 0.6) is 0 Å². The normalized spacial score (nSPS) is 23.6. The summed E-state index contributed by atoms with van der Waals surface area (Å²) in [6.07, 6.45) is 2.89. The van der Waals surface area contributed by atoms with Crippen LogP contribution in [0.4, 0.5) is 4.79 Å². The third-order valence-electron chi connectivity index (χ3n) is 2.97. The van der Waals surface area contributed by atoms with Gasteiger partial charge >= 0.3 is 12.1 Å². The van der Waals surface area contributed by atoms with Crippen molar-refractivity contribution in [2.24, 2.45) is 5.92 Å². The van der Waals surface area contributed by atoms with Crippen molar-refractivity contribution in [1.29, 1.82) is 0 Å². The van der Waals surface area contributed by atoms with E-state index < -0.39 is 11.7 Å². The van der Waals surface area contributed by atoms with Crippen molar-refractivity contribution in [2.75, 3.05) is 6.07 Å². The van der Waals surface area contributed by atoms with Crippen LogP contribution in [-0.2, 0) is 14.3 Å². The number of alkyl carbamates (subject to hydrolysis) is 1. The molecule has 2 atom stereocenters. The van der Waals surface area contributed by atoms with Gasteiger partial charge in [-0.25, -0.2) is 4.79 Å². The Balaban J connectivity index is 2.57. The molecule has 1 N–H and O–H groups in total. The van der Waals surface area contributed by atoms with Crippen LogP contribution in [0.15, 0.2) is 0 Å². The Morgan fingerprint density at radius 1 is 1.26 bits per heavy atom. The van der Waals surface area contributed by atoms with E-state index in [-0.39, 0.29) is 24.0 Å². The van der Waals surface area contributed by atoms with Gasteiger partial charge in [-0.1, -0.05) is 24.4 Å². The van der Waals surface area contributed by atoms with Crippen LogP contribution in [0, 0.1) is 5.92 Å². The number of nitrogens with one attached hydrogen (secondary N) is 1. The molecule has 5 nitrogen and oxygen atoms in total. The van der Waals surface area contributed by atoms with Crippen molar-refractivity contribution in [1.82, 2.24) is 5.32 Å². The molecule has 1 fully saturated rings. The van der Waals surface area contributed by atoms with Crippen LogP contribution in [0.3, 0.4) is 0 Å². The Kier molecular flexibility index (Phi) is 5.91. The van der Waals surface area contributed by atoms with Crippen LogP contribution in [-0.4, -0.2) is 29.8 Å². The zero-order chi connectivity index (χ0) is 14.5. The number of carbonyl (C=O) groups is 2.